The zero-order valence-corrected chi connectivity index (χ0v) is 19.6. The Kier molecular flexibility index (Phi) is 6.32. The molecule has 10 heteroatoms. The van der Waals surface area contributed by atoms with Crippen molar-refractivity contribution < 1.29 is 13.2 Å². The molecule has 4 heterocycles. The third-order valence-corrected chi connectivity index (χ3v) is 8.99. The second-order valence-electron chi connectivity index (χ2n) is 8.27. The lowest BCUT2D eigenvalue weighted by Crippen LogP contribution is -2.50. The number of hydrogen-bond acceptors (Lipinski definition) is 7. The molecule has 0 bridgehead atoms. The van der Waals surface area contributed by atoms with E-state index >= 15 is 0 Å². The zero-order chi connectivity index (χ0) is 21.4. The van der Waals surface area contributed by atoms with Gasteiger partial charge in [0, 0.05) is 41.5 Å². The van der Waals surface area contributed by atoms with Gasteiger partial charge in [-0.05, 0) is 44.9 Å². The number of sulfonamides is 1. The minimum Gasteiger partial charge on any atom is -0.370 e. The zero-order valence-electron chi connectivity index (χ0n) is 17.9. The van der Waals surface area contributed by atoms with Crippen molar-refractivity contribution in [3.8, 4) is 0 Å². The van der Waals surface area contributed by atoms with Crippen LogP contribution >= 0.6 is 11.3 Å². The van der Waals surface area contributed by atoms with Gasteiger partial charge in [-0.15, -0.1) is 16.4 Å². The highest BCUT2D eigenvalue weighted by molar-refractivity contribution is 7.89. The molecule has 0 radical (unpaired) electrons. The van der Waals surface area contributed by atoms with E-state index in [1.54, 1.807) is 4.68 Å². The van der Waals surface area contributed by atoms with Crippen molar-refractivity contribution in [1.29, 1.82) is 0 Å². The maximum atomic E-state index is 11.6. The highest BCUT2D eigenvalue weighted by Gasteiger charge is 2.44. The molecule has 30 heavy (non-hydrogen) atoms. The number of piperidine rings is 1. The molecule has 1 unspecified atom stereocenters. The Bertz CT molecular complexity index is 986. The van der Waals surface area contributed by atoms with Crippen molar-refractivity contribution in [1.82, 2.24) is 24.6 Å². The SMILES string of the molecule is CCc1cc2c(s1)CCOC21CCN(Cc2cn(CCS(=O)(=O)NC)nn2)[C@@H](C)C1. The normalized spacial score (nSPS) is 25.0. The molecule has 0 aliphatic carbocycles. The second-order valence-corrected chi connectivity index (χ2v) is 11.5. The number of nitrogens with zero attached hydrogens (tertiary/aromatic N) is 4. The number of aryl methyl sites for hydroxylation is 2. The number of fused-ring (bicyclic) bond motifs is 2. The average molecular weight is 454 g/mol. The summed E-state index contributed by atoms with van der Waals surface area (Å²) in [7, 11) is -1.83. The van der Waals surface area contributed by atoms with Crippen LogP contribution in [0.4, 0.5) is 0 Å². The first kappa shape index (κ1) is 21.9. The smallest absolute Gasteiger partial charge is 0.213 e. The van der Waals surface area contributed by atoms with Crippen LogP contribution in [0.2, 0.25) is 0 Å². The first-order valence-corrected chi connectivity index (χ1v) is 13.1. The molecule has 1 fully saturated rings. The van der Waals surface area contributed by atoms with Gasteiger partial charge in [0.15, 0.2) is 0 Å². The van der Waals surface area contributed by atoms with Crippen LogP contribution in [-0.2, 0) is 46.3 Å². The van der Waals surface area contributed by atoms with Crippen molar-refractivity contribution >= 4 is 21.4 Å². The van der Waals surface area contributed by atoms with Crippen LogP contribution in [0, 0.1) is 0 Å². The van der Waals surface area contributed by atoms with Gasteiger partial charge in [0.1, 0.15) is 0 Å². The van der Waals surface area contributed by atoms with E-state index in [9.17, 15) is 8.42 Å². The van der Waals surface area contributed by atoms with Gasteiger partial charge in [-0.1, -0.05) is 12.1 Å². The second kappa shape index (κ2) is 8.66. The van der Waals surface area contributed by atoms with Gasteiger partial charge in [0.25, 0.3) is 0 Å². The first-order valence-electron chi connectivity index (χ1n) is 10.6. The van der Waals surface area contributed by atoms with Crippen LogP contribution in [0.5, 0.6) is 0 Å². The summed E-state index contributed by atoms with van der Waals surface area (Å²) in [6.07, 6.45) is 5.93. The van der Waals surface area contributed by atoms with Crippen molar-refractivity contribution in [3.05, 3.63) is 33.3 Å². The predicted molar refractivity (Wildman–Crippen MR) is 117 cm³/mol. The van der Waals surface area contributed by atoms with E-state index in [1.807, 2.05) is 17.5 Å². The maximum absolute atomic E-state index is 11.6. The van der Waals surface area contributed by atoms with E-state index in [0.29, 0.717) is 19.1 Å². The molecule has 0 aromatic carbocycles. The number of likely N-dealkylation sites (tertiary alicyclic amines) is 1. The number of ether oxygens (including phenoxy) is 1. The van der Waals surface area contributed by atoms with E-state index in [0.717, 1.165) is 44.5 Å². The Morgan fingerprint density at radius 2 is 2.27 bits per heavy atom. The fourth-order valence-corrected chi connectivity index (χ4v) is 6.36. The van der Waals surface area contributed by atoms with Crippen molar-refractivity contribution in [2.75, 3.05) is 26.0 Å². The van der Waals surface area contributed by atoms with Crippen molar-refractivity contribution in [3.63, 3.8) is 0 Å². The quantitative estimate of drug-likeness (QED) is 0.689. The number of thiophene rings is 1. The number of hydrogen-bond donors (Lipinski definition) is 1. The van der Waals surface area contributed by atoms with Crippen LogP contribution in [0.25, 0.3) is 0 Å². The summed E-state index contributed by atoms with van der Waals surface area (Å²) < 4.78 is 33.6. The summed E-state index contributed by atoms with van der Waals surface area (Å²) in [5.41, 5.74) is 2.15. The minimum absolute atomic E-state index is 0.00496. The molecule has 1 saturated heterocycles. The molecule has 8 nitrogen and oxygen atoms in total. The van der Waals surface area contributed by atoms with Crippen LogP contribution in [-0.4, -0.2) is 60.3 Å². The maximum Gasteiger partial charge on any atom is 0.213 e. The molecular weight excluding hydrogens is 422 g/mol. The standard InChI is InChI=1S/C20H31N5O3S2/c1-4-17-11-18-19(29-17)5-9-28-20(18)6-7-24(15(2)12-20)13-16-14-25(23-22-16)8-10-30(26,27)21-3/h11,14-15,21H,4-10,12-13H2,1-3H3/t15-,20?/m0/s1. The third kappa shape index (κ3) is 4.47. The summed E-state index contributed by atoms with van der Waals surface area (Å²) in [5.74, 6) is -0.00496. The molecule has 2 aromatic heterocycles. The highest BCUT2D eigenvalue weighted by Crippen LogP contribution is 2.46. The van der Waals surface area contributed by atoms with Gasteiger partial charge in [-0.2, -0.15) is 0 Å². The van der Waals surface area contributed by atoms with E-state index in [1.165, 1.54) is 22.4 Å². The molecule has 0 saturated carbocycles. The van der Waals surface area contributed by atoms with Gasteiger partial charge in [0.05, 0.1) is 30.2 Å². The van der Waals surface area contributed by atoms with Crippen LogP contribution in [0.1, 0.15) is 47.7 Å². The predicted octanol–water partition coefficient (Wildman–Crippen LogP) is 1.90. The van der Waals surface area contributed by atoms with E-state index < -0.39 is 10.0 Å². The Balaban J connectivity index is 1.40. The van der Waals surface area contributed by atoms with Gasteiger partial charge in [0.2, 0.25) is 10.0 Å². The molecule has 2 aliphatic heterocycles. The van der Waals surface area contributed by atoms with Crippen LogP contribution in [0.3, 0.4) is 0 Å². The summed E-state index contributed by atoms with van der Waals surface area (Å²) in [6, 6.07) is 2.75. The van der Waals surface area contributed by atoms with Crippen molar-refractivity contribution in [2.45, 2.75) is 64.3 Å². The summed E-state index contributed by atoms with van der Waals surface area (Å²) >= 11 is 1.96. The fourth-order valence-electron chi connectivity index (χ4n) is 4.55. The molecule has 0 amide bonds. The lowest BCUT2D eigenvalue weighted by molar-refractivity contribution is -0.112. The number of aromatic nitrogens is 3. The van der Waals surface area contributed by atoms with Crippen molar-refractivity contribution in [2.24, 2.45) is 0 Å². The Morgan fingerprint density at radius 1 is 1.43 bits per heavy atom. The minimum atomic E-state index is -3.25. The molecule has 1 spiro atoms. The monoisotopic (exact) mass is 453 g/mol. The Morgan fingerprint density at radius 3 is 3.00 bits per heavy atom. The molecule has 2 aromatic rings. The summed E-state index contributed by atoms with van der Waals surface area (Å²) in [4.78, 5) is 5.39. The lowest BCUT2D eigenvalue weighted by atomic mass is 9.79. The van der Waals surface area contributed by atoms with Crippen LogP contribution < -0.4 is 4.72 Å². The molecule has 1 N–H and O–H groups in total. The average Bonchev–Trinajstić information content (AvgIpc) is 3.36. The Labute approximate surface area is 182 Å². The van der Waals surface area contributed by atoms with Gasteiger partial charge in [-0.25, -0.2) is 13.1 Å². The largest absolute Gasteiger partial charge is 0.370 e. The number of rotatable bonds is 7. The number of nitrogens with one attached hydrogen (secondary N) is 1. The highest BCUT2D eigenvalue weighted by atomic mass is 32.2. The molecule has 166 valence electrons. The Hall–Kier alpha value is -1.33. The van der Waals surface area contributed by atoms with Crippen LogP contribution in [0.15, 0.2) is 12.3 Å². The van der Waals surface area contributed by atoms with Gasteiger partial charge >= 0.3 is 0 Å². The van der Waals surface area contributed by atoms with Gasteiger partial charge in [-0.3, -0.25) is 9.58 Å². The van der Waals surface area contributed by atoms with E-state index in [4.69, 9.17) is 4.74 Å². The third-order valence-electron chi connectivity index (χ3n) is 6.31. The molecule has 2 aliphatic rings. The van der Waals surface area contributed by atoms with Gasteiger partial charge < -0.3 is 4.74 Å². The van der Waals surface area contributed by atoms with E-state index in [-0.39, 0.29) is 11.4 Å². The first-order chi connectivity index (χ1) is 14.3. The topological polar surface area (TPSA) is 89.4 Å². The van der Waals surface area contributed by atoms with E-state index in [2.05, 4.69) is 39.8 Å². The summed E-state index contributed by atoms with van der Waals surface area (Å²) in [5, 5.41) is 8.35. The molecular formula is C20H31N5O3S2. The molecule has 4 rings (SSSR count). The molecule has 2 atom stereocenters. The fraction of sp³-hybridized carbons (Fsp3) is 0.700. The lowest BCUT2D eigenvalue weighted by Gasteiger charge is -2.47. The summed E-state index contributed by atoms with van der Waals surface area (Å²) in [6.45, 7) is 7.25.